The highest BCUT2D eigenvalue weighted by Crippen LogP contribution is 2.43. The summed E-state index contributed by atoms with van der Waals surface area (Å²) in [5.41, 5.74) is 7.70. The van der Waals surface area contributed by atoms with Crippen molar-refractivity contribution in [3.8, 4) is 11.5 Å². The third kappa shape index (κ3) is 6.62. The Kier molecular flexibility index (Phi) is 9.27. The predicted molar refractivity (Wildman–Crippen MR) is 100 cm³/mol. The van der Waals surface area contributed by atoms with Gasteiger partial charge >= 0.3 is 0 Å². The molecule has 1 heterocycles. The molecule has 0 atom stereocenters. The molecule has 9 heteroatoms. The molecule has 1 aliphatic rings. The number of benzene rings is 1. The smallest absolute Gasteiger partial charge is 0.220 e. The number of carbonyl (C=O) groups is 1. The molecule has 0 fully saturated rings. The number of carbonyl (C=O) groups excluding carboxylic acids is 1. The molecular weight excluding hydrogens is 375 g/mol. The van der Waals surface area contributed by atoms with Crippen molar-refractivity contribution in [1.82, 2.24) is 10.2 Å². The van der Waals surface area contributed by atoms with E-state index in [1.807, 2.05) is 0 Å². The Bertz CT molecular complexity index is 646. The maximum absolute atomic E-state index is 14.0. The second kappa shape index (κ2) is 11.7. The van der Waals surface area contributed by atoms with Crippen molar-refractivity contribution in [3.63, 3.8) is 0 Å². The van der Waals surface area contributed by atoms with E-state index in [1.165, 1.54) is 6.07 Å². The lowest BCUT2D eigenvalue weighted by atomic mass is 10.1. The lowest BCUT2D eigenvalue weighted by Crippen LogP contribution is -2.24. The summed E-state index contributed by atoms with van der Waals surface area (Å²) in [4.78, 5) is 14.4. The maximum Gasteiger partial charge on any atom is 0.220 e. The van der Waals surface area contributed by atoms with Gasteiger partial charge in [-0.3, -0.25) is 4.79 Å². The molecule has 1 aromatic rings. The monoisotopic (exact) mass is 400 g/mol. The van der Waals surface area contributed by atoms with E-state index in [0.717, 1.165) is 37.8 Å². The zero-order valence-electron chi connectivity index (χ0n) is 15.3. The molecule has 0 radical (unpaired) electrons. The summed E-state index contributed by atoms with van der Waals surface area (Å²) < 4.78 is 25.0. The van der Waals surface area contributed by atoms with Crippen molar-refractivity contribution >= 4 is 23.4 Å². The predicted octanol–water partition coefficient (Wildman–Crippen LogP) is 4.00. The first-order valence-corrected chi connectivity index (χ1v) is 9.63. The molecule has 0 spiro atoms. The third-order valence-corrected chi connectivity index (χ3v) is 4.50. The second-order valence-corrected chi connectivity index (χ2v) is 6.59. The third-order valence-electron chi connectivity index (χ3n) is 4.31. The molecule has 0 aromatic heterocycles. The van der Waals surface area contributed by atoms with Gasteiger partial charge in [-0.25, -0.2) is 14.8 Å². The number of rotatable bonds is 13. The van der Waals surface area contributed by atoms with Crippen molar-refractivity contribution in [2.75, 3.05) is 26.3 Å². The van der Waals surface area contributed by atoms with E-state index in [2.05, 4.69) is 15.3 Å². The molecule has 0 saturated heterocycles. The normalized spacial score (nSPS) is 12.4. The van der Waals surface area contributed by atoms with Gasteiger partial charge in [0.1, 0.15) is 5.75 Å². The van der Waals surface area contributed by atoms with Crippen LogP contribution in [0.1, 0.15) is 44.1 Å². The number of fused-ring (bicyclic) bond motifs is 1. The van der Waals surface area contributed by atoms with Crippen molar-refractivity contribution in [2.45, 2.75) is 44.9 Å². The summed E-state index contributed by atoms with van der Waals surface area (Å²) in [7, 11) is 0. The highest BCUT2D eigenvalue weighted by atomic mass is 35.5. The molecule has 7 nitrogen and oxygen atoms in total. The van der Waals surface area contributed by atoms with Crippen LogP contribution in [0.5, 0.6) is 11.5 Å². The number of hydrogen-bond donors (Lipinski definition) is 3. The first-order chi connectivity index (χ1) is 13.2. The van der Waals surface area contributed by atoms with Gasteiger partial charge in [0.05, 0.1) is 13.2 Å². The molecular formula is C18H26ClFN4O3. The first kappa shape index (κ1) is 21.4. The van der Waals surface area contributed by atoms with Crippen LogP contribution in [0.25, 0.3) is 0 Å². The lowest BCUT2D eigenvalue weighted by molar-refractivity contribution is -0.121. The Morgan fingerprint density at radius 1 is 1.30 bits per heavy atom. The summed E-state index contributed by atoms with van der Waals surface area (Å²) in [6.07, 6.45) is 5.60. The quantitative estimate of drug-likeness (QED) is 0.265. The largest absolute Gasteiger partial charge is 0.493 e. The Morgan fingerprint density at radius 3 is 2.81 bits per heavy atom. The molecule has 1 amide bonds. The molecule has 0 bridgehead atoms. The van der Waals surface area contributed by atoms with Crippen molar-refractivity contribution in [2.24, 2.45) is 5.11 Å². The summed E-state index contributed by atoms with van der Waals surface area (Å²) in [5.74, 6) is 0.0446. The maximum atomic E-state index is 14.0. The van der Waals surface area contributed by atoms with Gasteiger partial charge in [-0.15, -0.1) is 0 Å². The van der Waals surface area contributed by atoms with Crippen LogP contribution in [0, 0.1) is 11.3 Å². The van der Waals surface area contributed by atoms with Crippen LogP contribution in [-0.2, 0) is 11.2 Å². The van der Waals surface area contributed by atoms with E-state index >= 15 is 0 Å². The summed E-state index contributed by atoms with van der Waals surface area (Å²) >= 11 is 5.38. The van der Waals surface area contributed by atoms with E-state index in [9.17, 15) is 9.18 Å². The average Bonchev–Trinajstić information content (AvgIpc) is 3.14. The molecule has 0 saturated carbocycles. The molecule has 150 valence electrons. The topological polar surface area (TPSA) is 95.8 Å². The summed E-state index contributed by atoms with van der Waals surface area (Å²) in [6.45, 7) is 2.19. The van der Waals surface area contributed by atoms with Crippen molar-refractivity contribution < 1.29 is 18.7 Å². The van der Waals surface area contributed by atoms with Gasteiger partial charge in [-0.2, -0.15) is 5.11 Å². The van der Waals surface area contributed by atoms with Gasteiger partial charge in [-0.1, -0.05) is 12.8 Å². The average molecular weight is 401 g/mol. The van der Waals surface area contributed by atoms with Crippen LogP contribution in [0.15, 0.2) is 11.2 Å². The molecule has 0 aliphatic carbocycles. The van der Waals surface area contributed by atoms with Gasteiger partial charge in [0.15, 0.2) is 17.3 Å². The summed E-state index contributed by atoms with van der Waals surface area (Å²) in [5, 5.41) is 6.08. The zero-order chi connectivity index (χ0) is 19.5. The van der Waals surface area contributed by atoms with Crippen molar-refractivity contribution in [3.05, 3.63) is 17.4 Å². The number of nitrogens with one attached hydrogen (secondary N) is 3. The van der Waals surface area contributed by atoms with Crippen LogP contribution >= 0.6 is 11.8 Å². The van der Waals surface area contributed by atoms with Crippen LogP contribution in [0.3, 0.4) is 0 Å². The Labute approximate surface area is 163 Å². The number of unbranched alkanes of at least 4 members (excludes halogenated alkanes) is 3. The lowest BCUT2D eigenvalue weighted by Gasteiger charge is -2.12. The van der Waals surface area contributed by atoms with Gasteiger partial charge in [0, 0.05) is 37.6 Å². The van der Waals surface area contributed by atoms with E-state index in [-0.39, 0.29) is 11.6 Å². The van der Waals surface area contributed by atoms with Gasteiger partial charge in [0.2, 0.25) is 5.91 Å². The number of hydrogen-bond acceptors (Lipinski definition) is 6. The standard InChI is InChI=1S/C18H26ClFN4O3/c19-23-9-4-2-1-3-8-22-16(25)6-5-10-26-15-12-14(20)17(24-21)18-13(15)7-11-27-18/h12,21,23H,1-11H2,(H,22,25). The van der Waals surface area contributed by atoms with Crippen LogP contribution in [0.4, 0.5) is 10.1 Å². The fourth-order valence-electron chi connectivity index (χ4n) is 2.92. The van der Waals surface area contributed by atoms with Gasteiger partial charge in [-0.05, 0) is 31.0 Å². The number of ether oxygens (including phenoxy) is 2. The SMILES string of the molecule is N=Nc1c(F)cc(OCCCC(=O)NCCCCCCNCl)c2c1OCC2. The molecule has 0 unspecified atom stereocenters. The Morgan fingerprint density at radius 2 is 2.07 bits per heavy atom. The number of amides is 1. The fourth-order valence-corrected chi connectivity index (χ4v) is 3.05. The first-order valence-electron chi connectivity index (χ1n) is 9.26. The van der Waals surface area contributed by atoms with E-state index in [0.29, 0.717) is 50.5 Å². The Balaban J connectivity index is 1.64. The zero-order valence-corrected chi connectivity index (χ0v) is 16.0. The molecule has 3 N–H and O–H groups in total. The number of nitrogens with zero attached hydrogens (tertiary/aromatic N) is 1. The molecule has 1 aliphatic heterocycles. The van der Waals surface area contributed by atoms with Crippen LogP contribution in [0.2, 0.25) is 0 Å². The van der Waals surface area contributed by atoms with Gasteiger partial charge < -0.3 is 14.8 Å². The molecule has 2 rings (SSSR count). The van der Waals surface area contributed by atoms with Crippen molar-refractivity contribution in [1.29, 1.82) is 5.53 Å². The second-order valence-electron chi connectivity index (χ2n) is 6.32. The summed E-state index contributed by atoms with van der Waals surface area (Å²) in [6, 6.07) is 1.24. The number of halogens is 2. The van der Waals surface area contributed by atoms with E-state index in [4.69, 9.17) is 26.8 Å². The van der Waals surface area contributed by atoms with Gasteiger partial charge in [0.25, 0.3) is 0 Å². The minimum absolute atomic E-state index is 0.0101. The van der Waals surface area contributed by atoms with Crippen LogP contribution < -0.4 is 19.6 Å². The fraction of sp³-hybridized carbons (Fsp3) is 0.611. The van der Waals surface area contributed by atoms with E-state index < -0.39 is 5.82 Å². The minimum atomic E-state index is -0.639. The molecule has 1 aromatic carbocycles. The highest BCUT2D eigenvalue weighted by molar-refractivity contribution is 6.13. The Hall–Kier alpha value is -1.93. The van der Waals surface area contributed by atoms with E-state index in [1.54, 1.807) is 0 Å². The molecule has 27 heavy (non-hydrogen) atoms. The van der Waals surface area contributed by atoms with Crippen LogP contribution in [-0.4, -0.2) is 32.2 Å². The minimum Gasteiger partial charge on any atom is -0.493 e. The highest BCUT2D eigenvalue weighted by Gasteiger charge is 2.25.